The highest BCUT2D eigenvalue weighted by molar-refractivity contribution is 7.88. The number of benzene rings is 1. The fourth-order valence-electron chi connectivity index (χ4n) is 2.41. The number of piperidine rings is 1. The van der Waals surface area contributed by atoms with Crippen LogP contribution in [0.15, 0.2) is 18.2 Å². The summed E-state index contributed by atoms with van der Waals surface area (Å²) in [5, 5.41) is 11.9. The van der Waals surface area contributed by atoms with E-state index in [0.29, 0.717) is 43.6 Å². The number of rotatable bonds is 4. The first-order chi connectivity index (χ1) is 9.90. The standard InChI is InChI=1S/C14H18FN3O2S/c1-21(19,20)18-6-4-13(5-7-18)17-10-12-3-2-11(9-16)8-14(12)15/h2-3,8,13,17H,4-7,10H2,1H3. The lowest BCUT2D eigenvalue weighted by Gasteiger charge is -2.30. The van der Waals surface area contributed by atoms with E-state index >= 15 is 0 Å². The van der Waals surface area contributed by atoms with Crippen molar-refractivity contribution in [3.8, 4) is 6.07 Å². The molecule has 1 aliphatic rings. The van der Waals surface area contributed by atoms with Crippen LogP contribution in [0, 0.1) is 17.1 Å². The molecule has 1 saturated heterocycles. The Bertz CT molecular complexity index is 647. The molecule has 5 nitrogen and oxygen atoms in total. The molecule has 1 aliphatic heterocycles. The number of nitrogens with one attached hydrogen (secondary N) is 1. The van der Waals surface area contributed by atoms with Gasteiger partial charge in [-0.05, 0) is 25.0 Å². The van der Waals surface area contributed by atoms with Crippen molar-refractivity contribution in [3.05, 3.63) is 35.1 Å². The van der Waals surface area contributed by atoms with Crippen molar-refractivity contribution in [2.45, 2.75) is 25.4 Å². The summed E-state index contributed by atoms with van der Waals surface area (Å²) in [5.74, 6) is -0.393. The predicted octanol–water partition coefficient (Wildman–Crippen LogP) is 1.21. The lowest BCUT2D eigenvalue weighted by molar-refractivity contribution is 0.289. The average Bonchev–Trinajstić information content (AvgIpc) is 2.45. The third kappa shape index (κ3) is 4.24. The first kappa shape index (κ1) is 15.9. The van der Waals surface area contributed by atoms with E-state index in [-0.39, 0.29) is 6.04 Å². The summed E-state index contributed by atoms with van der Waals surface area (Å²) in [6.45, 7) is 1.36. The number of sulfonamides is 1. The molecule has 2 rings (SSSR count). The highest BCUT2D eigenvalue weighted by Crippen LogP contribution is 2.15. The Kier molecular flexibility index (Phi) is 4.93. The SMILES string of the molecule is CS(=O)(=O)N1CCC(NCc2ccc(C#N)cc2F)CC1. The van der Waals surface area contributed by atoms with Gasteiger partial charge in [0.25, 0.3) is 0 Å². The maximum absolute atomic E-state index is 13.7. The van der Waals surface area contributed by atoms with Crippen molar-refractivity contribution in [3.63, 3.8) is 0 Å². The molecule has 0 atom stereocenters. The van der Waals surface area contributed by atoms with Crippen LogP contribution in [0.1, 0.15) is 24.0 Å². The molecular formula is C14H18FN3O2S. The minimum atomic E-state index is -3.12. The number of hydrogen-bond acceptors (Lipinski definition) is 4. The van der Waals surface area contributed by atoms with Gasteiger partial charge in [0.1, 0.15) is 5.82 Å². The summed E-state index contributed by atoms with van der Waals surface area (Å²) in [4.78, 5) is 0. The normalized spacial score (nSPS) is 17.6. The molecule has 0 aromatic heterocycles. The van der Waals surface area contributed by atoms with Gasteiger partial charge in [0.05, 0.1) is 17.9 Å². The topological polar surface area (TPSA) is 73.2 Å². The van der Waals surface area contributed by atoms with E-state index in [1.807, 2.05) is 6.07 Å². The van der Waals surface area contributed by atoms with Gasteiger partial charge < -0.3 is 5.32 Å². The Balaban J connectivity index is 1.87. The molecule has 0 unspecified atom stereocenters. The van der Waals surface area contributed by atoms with Crippen LogP contribution < -0.4 is 5.32 Å². The quantitative estimate of drug-likeness (QED) is 0.907. The third-order valence-electron chi connectivity index (χ3n) is 3.69. The molecule has 0 amide bonds. The lowest BCUT2D eigenvalue weighted by Crippen LogP contribution is -2.44. The van der Waals surface area contributed by atoms with Gasteiger partial charge in [0.15, 0.2) is 0 Å². The largest absolute Gasteiger partial charge is 0.310 e. The Labute approximate surface area is 124 Å². The molecule has 21 heavy (non-hydrogen) atoms. The maximum Gasteiger partial charge on any atom is 0.211 e. The first-order valence-corrected chi connectivity index (χ1v) is 8.62. The average molecular weight is 311 g/mol. The summed E-state index contributed by atoms with van der Waals surface area (Å²) < 4.78 is 38.0. The molecule has 0 spiro atoms. The van der Waals surface area contributed by atoms with Crippen molar-refractivity contribution >= 4 is 10.0 Å². The molecule has 114 valence electrons. The second kappa shape index (κ2) is 6.52. The van der Waals surface area contributed by atoms with Crippen LogP contribution in [-0.2, 0) is 16.6 Å². The smallest absolute Gasteiger partial charge is 0.211 e. The fourth-order valence-corrected chi connectivity index (χ4v) is 3.28. The summed E-state index contributed by atoms with van der Waals surface area (Å²) in [6.07, 6.45) is 2.64. The van der Waals surface area contributed by atoms with Crippen LogP contribution in [0.2, 0.25) is 0 Å². The van der Waals surface area contributed by atoms with E-state index in [4.69, 9.17) is 5.26 Å². The van der Waals surface area contributed by atoms with Gasteiger partial charge in [-0.2, -0.15) is 5.26 Å². The van der Waals surface area contributed by atoms with Gasteiger partial charge in [0, 0.05) is 31.2 Å². The van der Waals surface area contributed by atoms with Gasteiger partial charge >= 0.3 is 0 Å². The lowest BCUT2D eigenvalue weighted by atomic mass is 10.1. The molecule has 1 N–H and O–H groups in total. The van der Waals surface area contributed by atoms with E-state index in [1.54, 1.807) is 12.1 Å². The first-order valence-electron chi connectivity index (χ1n) is 6.77. The number of hydrogen-bond donors (Lipinski definition) is 1. The zero-order valence-electron chi connectivity index (χ0n) is 11.8. The Morgan fingerprint density at radius 1 is 1.43 bits per heavy atom. The maximum atomic E-state index is 13.7. The van der Waals surface area contributed by atoms with E-state index in [1.165, 1.54) is 16.6 Å². The Morgan fingerprint density at radius 3 is 2.62 bits per heavy atom. The zero-order valence-corrected chi connectivity index (χ0v) is 12.7. The molecule has 1 aromatic rings. The number of nitriles is 1. The van der Waals surface area contributed by atoms with Crippen LogP contribution >= 0.6 is 0 Å². The molecule has 1 fully saturated rings. The molecule has 0 bridgehead atoms. The van der Waals surface area contributed by atoms with Gasteiger partial charge in [-0.3, -0.25) is 0 Å². The van der Waals surface area contributed by atoms with Crippen LogP contribution in [0.3, 0.4) is 0 Å². The van der Waals surface area contributed by atoms with Crippen LogP contribution in [0.4, 0.5) is 4.39 Å². The third-order valence-corrected chi connectivity index (χ3v) is 4.99. The molecule has 1 heterocycles. The minimum absolute atomic E-state index is 0.179. The van der Waals surface area contributed by atoms with E-state index in [9.17, 15) is 12.8 Å². The van der Waals surface area contributed by atoms with E-state index in [2.05, 4.69) is 5.32 Å². The molecule has 0 aliphatic carbocycles. The molecular weight excluding hydrogens is 293 g/mol. The summed E-state index contributed by atoms with van der Waals surface area (Å²) in [7, 11) is -3.12. The van der Waals surface area contributed by atoms with Crippen LogP contribution in [-0.4, -0.2) is 38.1 Å². The predicted molar refractivity (Wildman–Crippen MR) is 77.4 cm³/mol. The van der Waals surface area contributed by atoms with Gasteiger partial charge in [-0.15, -0.1) is 0 Å². The molecule has 0 saturated carbocycles. The summed E-state index contributed by atoms with van der Waals surface area (Å²) >= 11 is 0. The van der Waals surface area contributed by atoms with Crippen LogP contribution in [0.5, 0.6) is 0 Å². The van der Waals surface area contributed by atoms with Gasteiger partial charge in [0.2, 0.25) is 10.0 Å². The Morgan fingerprint density at radius 2 is 2.10 bits per heavy atom. The highest BCUT2D eigenvalue weighted by Gasteiger charge is 2.24. The zero-order chi connectivity index (χ0) is 15.5. The monoisotopic (exact) mass is 311 g/mol. The van der Waals surface area contributed by atoms with Crippen molar-refractivity contribution in [2.75, 3.05) is 19.3 Å². The molecule has 7 heteroatoms. The van der Waals surface area contributed by atoms with Crippen molar-refractivity contribution < 1.29 is 12.8 Å². The number of nitrogens with zero attached hydrogens (tertiary/aromatic N) is 2. The van der Waals surface area contributed by atoms with E-state index in [0.717, 1.165) is 0 Å². The number of halogens is 1. The molecule has 0 radical (unpaired) electrons. The summed E-state index contributed by atoms with van der Waals surface area (Å²) in [6, 6.07) is 6.49. The van der Waals surface area contributed by atoms with Gasteiger partial charge in [-0.25, -0.2) is 17.1 Å². The highest BCUT2D eigenvalue weighted by atomic mass is 32.2. The van der Waals surface area contributed by atoms with E-state index < -0.39 is 15.8 Å². The second-order valence-electron chi connectivity index (χ2n) is 5.24. The second-order valence-corrected chi connectivity index (χ2v) is 7.22. The minimum Gasteiger partial charge on any atom is -0.310 e. The summed E-state index contributed by atoms with van der Waals surface area (Å²) in [5.41, 5.74) is 0.817. The van der Waals surface area contributed by atoms with Crippen LogP contribution in [0.25, 0.3) is 0 Å². The fraction of sp³-hybridized carbons (Fsp3) is 0.500. The van der Waals surface area contributed by atoms with Crippen molar-refractivity contribution in [1.82, 2.24) is 9.62 Å². The van der Waals surface area contributed by atoms with Gasteiger partial charge in [-0.1, -0.05) is 6.07 Å². The van der Waals surface area contributed by atoms with Crippen molar-refractivity contribution in [1.29, 1.82) is 5.26 Å². The molecule has 1 aromatic carbocycles. The Hall–Kier alpha value is -1.49. The van der Waals surface area contributed by atoms with Crippen molar-refractivity contribution in [2.24, 2.45) is 0 Å².